The fourth-order valence-electron chi connectivity index (χ4n) is 1.77. The van der Waals surface area contributed by atoms with Gasteiger partial charge in [-0.1, -0.05) is 0 Å². The van der Waals surface area contributed by atoms with Crippen LogP contribution in [0, 0.1) is 11.3 Å². The Kier molecular flexibility index (Phi) is 4.39. The van der Waals surface area contributed by atoms with Crippen LogP contribution >= 0.6 is 0 Å². The van der Waals surface area contributed by atoms with Gasteiger partial charge in [-0.05, 0) is 39.2 Å². The molecule has 0 aromatic carbocycles. The van der Waals surface area contributed by atoms with Crippen molar-refractivity contribution >= 4 is 0 Å². The molecule has 0 aliphatic heterocycles. The maximum absolute atomic E-state index is 12.3. The zero-order valence-corrected chi connectivity index (χ0v) is 9.93. The Bertz CT molecular complexity index is 289. The summed E-state index contributed by atoms with van der Waals surface area (Å²) in [6, 6.07) is 2.02. The number of alkyl halides is 3. The summed E-state index contributed by atoms with van der Waals surface area (Å²) in [5.74, 6) is 0. The van der Waals surface area contributed by atoms with Crippen molar-refractivity contribution < 1.29 is 13.2 Å². The molecule has 0 bridgehead atoms. The molecule has 17 heavy (non-hydrogen) atoms. The molecule has 1 unspecified atom stereocenters. The van der Waals surface area contributed by atoms with Crippen molar-refractivity contribution in [2.45, 2.75) is 50.4 Å². The lowest BCUT2D eigenvalue weighted by Crippen LogP contribution is -2.39. The van der Waals surface area contributed by atoms with Gasteiger partial charge in [-0.2, -0.15) is 18.4 Å². The van der Waals surface area contributed by atoms with Crippen molar-refractivity contribution in [2.75, 3.05) is 13.1 Å². The Labute approximate surface area is 99.4 Å². The number of hydrogen-bond acceptors (Lipinski definition) is 3. The first-order valence-electron chi connectivity index (χ1n) is 5.74. The molecule has 1 aliphatic rings. The first-order chi connectivity index (χ1) is 7.73. The summed E-state index contributed by atoms with van der Waals surface area (Å²) < 4.78 is 36.9. The molecule has 98 valence electrons. The average molecular weight is 249 g/mol. The fourth-order valence-corrected chi connectivity index (χ4v) is 1.77. The maximum Gasteiger partial charge on any atom is 0.401 e. The number of nitrogens with two attached hydrogens (primary N) is 1. The van der Waals surface area contributed by atoms with E-state index in [0.717, 1.165) is 12.8 Å². The van der Waals surface area contributed by atoms with Gasteiger partial charge in [0.05, 0.1) is 12.6 Å². The van der Waals surface area contributed by atoms with Gasteiger partial charge in [0, 0.05) is 6.04 Å². The van der Waals surface area contributed by atoms with Crippen LogP contribution in [0.15, 0.2) is 0 Å². The zero-order chi connectivity index (χ0) is 13.1. The lowest BCUT2D eigenvalue weighted by Gasteiger charge is -2.24. The Morgan fingerprint density at radius 3 is 2.41 bits per heavy atom. The summed E-state index contributed by atoms with van der Waals surface area (Å²) in [7, 11) is 0. The Balaban J connectivity index is 2.34. The molecule has 0 aromatic heterocycles. The van der Waals surface area contributed by atoms with E-state index < -0.39 is 18.3 Å². The predicted octanol–water partition coefficient (Wildman–Crippen LogP) is 2.03. The third-order valence-corrected chi connectivity index (χ3v) is 2.84. The van der Waals surface area contributed by atoms with Gasteiger partial charge in [-0.3, -0.25) is 4.90 Å². The second-order valence-electron chi connectivity index (χ2n) is 4.95. The molecule has 3 nitrogen and oxygen atoms in total. The molecule has 1 aliphatic carbocycles. The molecule has 1 saturated carbocycles. The molecule has 0 radical (unpaired) electrons. The van der Waals surface area contributed by atoms with Crippen molar-refractivity contribution in [3.8, 4) is 6.07 Å². The summed E-state index contributed by atoms with van der Waals surface area (Å²) in [5.41, 5.74) is 4.68. The summed E-state index contributed by atoms with van der Waals surface area (Å²) in [5, 5.41) is 8.70. The number of rotatable bonds is 6. The van der Waals surface area contributed by atoms with Gasteiger partial charge in [0.2, 0.25) is 0 Å². The van der Waals surface area contributed by atoms with E-state index in [9.17, 15) is 13.2 Å². The normalized spacial score (nSPS) is 20.1. The first-order valence-corrected chi connectivity index (χ1v) is 5.74. The lowest BCUT2D eigenvalue weighted by atomic mass is 9.99. The van der Waals surface area contributed by atoms with Gasteiger partial charge in [-0.15, -0.1) is 0 Å². The zero-order valence-electron chi connectivity index (χ0n) is 9.93. The maximum atomic E-state index is 12.3. The summed E-state index contributed by atoms with van der Waals surface area (Å²) in [4.78, 5) is 1.45. The molecule has 0 spiro atoms. The van der Waals surface area contributed by atoms with E-state index >= 15 is 0 Å². The molecule has 6 heteroatoms. The molecule has 0 amide bonds. The van der Waals surface area contributed by atoms with Crippen molar-refractivity contribution in [1.82, 2.24) is 4.90 Å². The molecule has 2 N–H and O–H groups in total. The summed E-state index contributed by atoms with van der Waals surface area (Å²) in [6.45, 7) is 1.10. The van der Waals surface area contributed by atoms with Crippen LogP contribution in [0.1, 0.15) is 32.6 Å². The van der Waals surface area contributed by atoms with E-state index in [4.69, 9.17) is 11.0 Å². The average Bonchev–Trinajstić information content (AvgIpc) is 2.97. The van der Waals surface area contributed by atoms with Crippen molar-refractivity contribution in [3.63, 3.8) is 0 Å². The minimum absolute atomic E-state index is 0.0720. The highest BCUT2D eigenvalue weighted by Gasteiger charge is 2.37. The quantitative estimate of drug-likeness (QED) is 0.783. The molecule has 0 aromatic rings. The number of hydrogen-bond donors (Lipinski definition) is 1. The van der Waals surface area contributed by atoms with Crippen molar-refractivity contribution in [3.05, 3.63) is 0 Å². The fraction of sp³-hybridized carbons (Fsp3) is 0.909. The van der Waals surface area contributed by atoms with Gasteiger partial charge in [-0.25, -0.2) is 0 Å². The van der Waals surface area contributed by atoms with E-state index in [1.54, 1.807) is 6.92 Å². The Morgan fingerprint density at radius 2 is 2.00 bits per heavy atom. The van der Waals surface area contributed by atoms with Crippen LogP contribution in [-0.2, 0) is 0 Å². The van der Waals surface area contributed by atoms with Gasteiger partial charge in [0.25, 0.3) is 0 Å². The van der Waals surface area contributed by atoms with Gasteiger partial charge >= 0.3 is 6.18 Å². The standard InChI is InChI=1S/C11H18F3N3/c1-10(16,7-15)5-2-6-17(9-3-4-9)8-11(12,13)14/h9H,2-6,8,16H2,1H3. The first kappa shape index (κ1) is 14.3. The highest BCUT2D eigenvalue weighted by molar-refractivity contribution is 5.00. The van der Waals surface area contributed by atoms with E-state index in [1.807, 2.05) is 6.07 Å². The van der Waals surface area contributed by atoms with Gasteiger partial charge in [0.1, 0.15) is 5.54 Å². The highest BCUT2D eigenvalue weighted by Crippen LogP contribution is 2.30. The molecule has 1 fully saturated rings. The topological polar surface area (TPSA) is 53.1 Å². The summed E-state index contributed by atoms with van der Waals surface area (Å²) >= 11 is 0. The van der Waals surface area contributed by atoms with E-state index in [-0.39, 0.29) is 6.04 Å². The molecular weight excluding hydrogens is 231 g/mol. The molecule has 0 heterocycles. The lowest BCUT2D eigenvalue weighted by molar-refractivity contribution is -0.147. The van der Waals surface area contributed by atoms with Crippen LogP contribution in [0.2, 0.25) is 0 Å². The van der Waals surface area contributed by atoms with Crippen LogP contribution < -0.4 is 5.73 Å². The highest BCUT2D eigenvalue weighted by atomic mass is 19.4. The third-order valence-electron chi connectivity index (χ3n) is 2.84. The van der Waals surface area contributed by atoms with Crippen molar-refractivity contribution in [1.29, 1.82) is 5.26 Å². The van der Waals surface area contributed by atoms with Gasteiger partial charge in [0.15, 0.2) is 0 Å². The largest absolute Gasteiger partial charge is 0.401 e. The smallest absolute Gasteiger partial charge is 0.314 e. The molecular formula is C11H18F3N3. The van der Waals surface area contributed by atoms with Crippen molar-refractivity contribution in [2.24, 2.45) is 5.73 Å². The molecule has 1 rings (SSSR count). The molecule has 0 saturated heterocycles. The minimum Gasteiger partial charge on any atom is -0.314 e. The summed E-state index contributed by atoms with van der Waals surface area (Å²) in [6.07, 6.45) is -1.52. The van der Waals surface area contributed by atoms with Crippen LogP contribution in [0.4, 0.5) is 13.2 Å². The number of nitriles is 1. The monoisotopic (exact) mass is 249 g/mol. The van der Waals surface area contributed by atoms with E-state index in [0.29, 0.717) is 19.4 Å². The second kappa shape index (κ2) is 5.23. The van der Waals surface area contributed by atoms with E-state index in [2.05, 4.69) is 0 Å². The van der Waals surface area contributed by atoms with Crippen LogP contribution in [0.25, 0.3) is 0 Å². The second-order valence-corrected chi connectivity index (χ2v) is 4.95. The minimum atomic E-state index is -4.15. The molecule has 1 atom stereocenters. The SMILES string of the molecule is CC(N)(C#N)CCCN(CC(F)(F)F)C1CC1. The van der Waals surface area contributed by atoms with Crippen LogP contribution in [0.5, 0.6) is 0 Å². The van der Waals surface area contributed by atoms with Crippen LogP contribution in [0.3, 0.4) is 0 Å². The number of halogens is 3. The van der Waals surface area contributed by atoms with E-state index in [1.165, 1.54) is 4.90 Å². The Morgan fingerprint density at radius 1 is 1.41 bits per heavy atom. The van der Waals surface area contributed by atoms with Gasteiger partial charge < -0.3 is 5.73 Å². The van der Waals surface area contributed by atoms with Crippen LogP contribution in [-0.4, -0.2) is 35.7 Å². The number of nitrogens with zero attached hydrogens (tertiary/aromatic N) is 2. The third kappa shape index (κ3) is 5.89. The Hall–Kier alpha value is -0.800. The predicted molar refractivity (Wildman–Crippen MR) is 58.1 cm³/mol.